The molecule has 0 unspecified atom stereocenters. The maximum atomic E-state index is 5.99. The summed E-state index contributed by atoms with van der Waals surface area (Å²) in [6.45, 7) is 6.36. The molecule has 0 bridgehead atoms. The number of H-pyrrole nitrogens is 1. The summed E-state index contributed by atoms with van der Waals surface area (Å²) in [5.74, 6) is 1.36. The van der Waals surface area contributed by atoms with Crippen LogP contribution in [0.2, 0.25) is 5.02 Å². The van der Waals surface area contributed by atoms with Crippen molar-refractivity contribution < 1.29 is 4.74 Å². The molecular formula is C15H17ClN2OS. The van der Waals surface area contributed by atoms with Crippen molar-refractivity contribution in [1.82, 2.24) is 9.97 Å². The number of rotatable bonds is 2. The van der Waals surface area contributed by atoms with Gasteiger partial charge in [0.05, 0.1) is 12.7 Å². The van der Waals surface area contributed by atoms with E-state index < -0.39 is 0 Å². The minimum Gasteiger partial charge on any atom is -0.496 e. The van der Waals surface area contributed by atoms with Crippen molar-refractivity contribution in [3.05, 3.63) is 39.6 Å². The zero-order valence-electron chi connectivity index (χ0n) is 12.0. The maximum Gasteiger partial charge on any atom is 0.142 e. The highest BCUT2D eigenvalue weighted by atomic mass is 35.5. The normalized spacial score (nSPS) is 11.4. The Bertz CT molecular complexity index is 689. The summed E-state index contributed by atoms with van der Waals surface area (Å²) >= 11 is 11.3. The van der Waals surface area contributed by atoms with Gasteiger partial charge in [0.2, 0.25) is 0 Å². The Morgan fingerprint density at radius 1 is 1.25 bits per heavy atom. The van der Waals surface area contributed by atoms with Crippen LogP contribution < -0.4 is 4.74 Å². The van der Waals surface area contributed by atoms with Gasteiger partial charge in [-0.05, 0) is 24.3 Å². The van der Waals surface area contributed by atoms with Gasteiger partial charge >= 0.3 is 0 Å². The first-order valence-electron chi connectivity index (χ1n) is 6.27. The predicted octanol–water partition coefficient (Wildman–Crippen LogP) is 4.77. The molecule has 1 aromatic heterocycles. The minimum atomic E-state index is -0.0368. The summed E-state index contributed by atoms with van der Waals surface area (Å²) < 4.78 is 5.92. The number of ether oxygens (including phenoxy) is 1. The van der Waals surface area contributed by atoms with Crippen LogP contribution in [0.5, 0.6) is 5.75 Å². The van der Waals surface area contributed by atoms with E-state index in [-0.39, 0.29) is 5.41 Å². The van der Waals surface area contributed by atoms with E-state index in [2.05, 4.69) is 30.7 Å². The first-order chi connectivity index (χ1) is 9.31. The molecule has 0 spiro atoms. The average Bonchev–Trinajstić information content (AvgIpc) is 2.36. The number of methoxy groups -OCH3 is 1. The smallest absolute Gasteiger partial charge is 0.142 e. The second-order valence-corrected chi connectivity index (χ2v) is 6.43. The highest BCUT2D eigenvalue weighted by Crippen LogP contribution is 2.31. The molecular weight excluding hydrogens is 292 g/mol. The van der Waals surface area contributed by atoms with Gasteiger partial charge in [0, 0.05) is 16.1 Å². The van der Waals surface area contributed by atoms with Crippen LogP contribution in [0.4, 0.5) is 0 Å². The molecule has 0 fully saturated rings. The second-order valence-electron chi connectivity index (χ2n) is 5.58. The molecule has 20 heavy (non-hydrogen) atoms. The quantitative estimate of drug-likeness (QED) is 0.812. The average molecular weight is 309 g/mol. The van der Waals surface area contributed by atoms with Crippen LogP contribution in [0, 0.1) is 4.64 Å². The fourth-order valence-corrected chi connectivity index (χ4v) is 2.22. The summed E-state index contributed by atoms with van der Waals surface area (Å²) in [6.07, 6.45) is 0. The first-order valence-corrected chi connectivity index (χ1v) is 7.05. The SMILES string of the molecule is COc1cc(Cl)ccc1-c1nc(=S)cc(C(C)(C)C)[nH]1. The van der Waals surface area contributed by atoms with Crippen molar-refractivity contribution in [3.8, 4) is 17.1 Å². The Labute approximate surface area is 129 Å². The van der Waals surface area contributed by atoms with Crippen molar-refractivity contribution in [2.75, 3.05) is 7.11 Å². The third kappa shape index (κ3) is 3.19. The van der Waals surface area contributed by atoms with E-state index in [1.54, 1.807) is 13.2 Å². The third-order valence-corrected chi connectivity index (χ3v) is 3.41. The van der Waals surface area contributed by atoms with Crippen LogP contribution >= 0.6 is 23.8 Å². The lowest BCUT2D eigenvalue weighted by Gasteiger charge is -2.20. The predicted molar refractivity (Wildman–Crippen MR) is 85.1 cm³/mol. The Kier molecular flexibility index (Phi) is 4.16. The highest BCUT2D eigenvalue weighted by Gasteiger charge is 2.17. The number of halogens is 1. The van der Waals surface area contributed by atoms with Gasteiger partial charge in [-0.1, -0.05) is 44.6 Å². The summed E-state index contributed by atoms with van der Waals surface area (Å²) in [5.41, 5.74) is 1.84. The lowest BCUT2D eigenvalue weighted by Crippen LogP contribution is -2.14. The van der Waals surface area contributed by atoms with Gasteiger partial charge in [-0.25, -0.2) is 4.98 Å². The number of nitrogens with one attached hydrogen (secondary N) is 1. The lowest BCUT2D eigenvalue weighted by atomic mass is 9.92. The molecule has 2 aromatic rings. The molecule has 2 rings (SSSR count). The zero-order valence-corrected chi connectivity index (χ0v) is 13.5. The van der Waals surface area contributed by atoms with E-state index in [4.69, 9.17) is 28.6 Å². The van der Waals surface area contributed by atoms with Crippen molar-refractivity contribution in [1.29, 1.82) is 0 Å². The molecule has 0 aliphatic heterocycles. The summed E-state index contributed by atoms with van der Waals surface area (Å²) in [5, 5.41) is 0.621. The number of aromatic amines is 1. The van der Waals surface area contributed by atoms with Crippen molar-refractivity contribution in [3.63, 3.8) is 0 Å². The Morgan fingerprint density at radius 2 is 1.95 bits per heavy atom. The maximum absolute atomic E-state index is 5.99. The molecule has 1 N–H and O–H groups in total. The van der Waals surface area contributed by atoms with E-state index in [9.17, 15) is 0 Å². The minimum absolute atomic E-state index is 0.0368. The molecule has 0 aliphatic carbocycles. The van der Waals surface area contributed by atoms with E-state index in [1.165, 1.54) is 0 Å². The molecule has 0 radical (unpaired) electrons. The Morgan fingerprint density at radius 3 is 2.55 bits per heavy atom. The number of hydrogen-bond acceptors (Lipinski definition) is 3. The molecule has 0 amide bonds. The van der Waals surface area contributed by atoms with E-state index in [1.807, 2.05) is 18.2 Å². The molecule has 1 heterocycles. The second kappa shape index (κ2) is 5.54. The number of hydrogen-bond donors (Lipinski definition) is 1. The van der Waals surface area contributed by atoms with E-state index in [0.717, 1.165) is 11.3 Å². The number of nitrogens with zero attached hydrogens (tertiary/aromatic N) is 1. The number of aromatic nitrogens is 2. The molecule has 0 aliphatic rings. The highest BCUT2D eigenvalue weighted by molar-refractivity contribution is 7.71. The van der Waals surface area contributed by atoms with Crippen LogP contribution in [0.25, 0.3) is 11.4 Å². The van der Waals surface area contributed by atoms with Crippen molar-refractivity contribution >= 4 is 23.8 Å². The van der Waals surface area contributed by atoms with Gasteiger partial charge in [-0.2, -0.15) is 0 Å². The monoisotopic (exact) mass is 308 g/mol. The lowest BCUT2D eigenvalue weighted by molar-refractivity contribution is 0.416. The molecule has 0 atom stereocenters. The number of benzene rings is 1. The molecule has 0 saturated carbocycles. The van der Waals surface area contributed by atoms with Gasteiger partial charge in [0.15, 0.2) is 0 Å². The van der Waals surface area contributed by atoms with Gasteiger partial charge < -0.3 is 9.72 Å². The van der Waals surface area contributed by atoms with Crippen LogP contribution in [0.15, 0.2) is 24.3 Å². The first kappa shape index (κ1) is 15.0. The van der Waals surface area contributed by atoms with E-state index in [0.29, 0.717) is 21.2 Å². The van der Waals surface area contributed by atoms with Gasteiger partial charge in [-0.3, -0.25) is 0 Å². The fraction of sp³-hybridized carbons (Fsp3) is 0.333. The molecule has 5 heteroatoms. The van der Waals surface area contributed by atoms with Gasteiger partial charge in [-0.15, -0.1) is 0 Å². The summed E-state index contributed by atoms with van der Waals surface area (Å²) in [7, 11) is 1.61. The molecule has 106 valence electrons. The zero-order chi connectivity index (χ0) is 14.9. The topological polar surface area (TPSA) is 37.9 Å². The van der Waals surface area contributed by atoms with Crippen LogP contribution in [-0.4, -0.2) is 17.1 Å². The van der Waals surface area contributed by atoms with Crippen LogP contribution in [0.3, 0.4) is 0 Å². The Balaban J connectivity index is 2.64. The molecule has 3 nitrogen and oxygen atoms in total. The van der Waals surface area contributed by atoms with Crippen LogP contribution in [-0.2, 0) is 5.41 Å². The van der Waals surface area contributed by atoms with Crippen molar-refractivity contribution in [2.24, 2.45) is 0 Å². The fourth-order valence-electron chi connectivity index (χ4n) is 1.85. The largest absolute Gasteiger partial charge is 0.496 e. The van der Waals surface area contributed by atoms with Crippen LogP contribution in [0.1, 0.15) is 26.5 Å². The van der Waals surface area contributed by atoms with Gasteiger partial charge in [0.25, 0.3) is 0 Å². The summed E-state index contributed by atoms with van der Waals surface area (Å²) in [4.78, 5) is 7.73. The third-order valence-electron chi connectivity index (χ3n) is 2.97. The summed E-state index contributed by atoms with van der Waals surface area (Å²) in [6, 6.07) is 7.34. The standard InChI is InChI=1S/C15H17ClN2OS/c1-15(2,3)12-8-13(20)18-14(17-12)10-6-5-9(16)7-11(10)19-4/h5-8H,1-4H3,(H,17,18,20). The Hall–Kier alpha value is -1.39. The van der Waals surface area contributed by atoms with Gasteiger partial charge in [0.1, 0.15) is 16.2 Å². The van der Waals surface area contributed by atoms with E-state index >= 15 is 0 Å². The van der Waals surface area contributed by atoms with Crippen molar-refractivity contribution in [2.45, 2.75) is 26.2 Å². The molecule has 0 saturated heterocycles. The molecule has 1 aromatic carbocycles.